The van der Waals surface area contributed by atoms with Gasteiger partial charge < -0.3 is 29.5 Å². The van der Waals surface area contributed by atoms with Crippen molar-refractivity contribution in [1.29, 1.82) is 0 Å². The minimum atomic E-state index is -1.12. The Bertz CT molecular complexity index is 243. The second-order valence-electron chi connectivity index (χ2n) is 4.31. The zero-order valence-corrected chi connectivity index (χ0v) is 8.66. The third kappa shape index (κ3) is 1.89. The van der Waals surface area contributed by atoms with Gasteiger partial charge in [-0.05, 0) is 13.8 Å². The Balaban J connectivity index is 2.12. The molecule has 15 heavy (non-hydrogen) atoms. The molecule has 88 valence electrons. The van der Waals surface area contributed by atoms with E-state index in [2.05, 4.69) is 0 Å². The van der Waals surface area contributed by atoms with E-state index in [0.29, 0.717) is 0 Å². The fraction of sp³-hybridized carbons (Fsp3) is 1.00. The van der Waals surface area contributed by atoms with E-state index in [1.807, 2.05) is 0 Å². The van der Waals surface area contributed by atoms with Crippen LogP contribution >= 0.6 is 0 Å². The number of fused-ring (bicyclic) bond motifs is 1. The highest BCUT2D eigenvalue weighted by Gasteiger charge is 2.56. The summed E-state index contributed by atoms with van der Waals surface area (Å²) in [5.41, 5.74) is 0. The highest BCUT2D eigenvalue weighted by Crippen LogP contribution is 2.38. The molecule has 0 amide bonds. The van der Waals surface area contributed by atoms with Crippen LogP contribution in [0.1, 0.15) is 13.8 Å². The summed E-state index contributed by atoms with van der Waals surface area (Å²) >= 11 is 0. The van der Waals surface area contributed by atoms with Crippen LogP contribution in [0.2, 0.25) is 0 Å². The lowest BCUT2D eigenvalue weighted by atomic mass is 10.1. The molecule has 0 aliphatic carbocycles. The average Bonchev–Trinajstić information content (AvgIpc) is 2.61. The van der Waals surface area contributed by atoms with E-state index in [4.69, 9.17) is 19.3 Å². The van der Waals surface area contributed by atoms with Crippen molar-refractivity contribution in [2.45, 2.75) is 50.3 Å². The minimum Gasteiger partial charge on any atom is -0.394 e. The first-order valence-electron chi connectivity index (χ1n) is 4.93. The minimum absolute atomic E-state index is 0.440. The number of aliphatic hydroxyl groups excluding tert-OH is 3. The van der Waals surface area contributed by atoms with Crippen LogP contribution in [-0.2, 0) is 14.2 Å². The van der Waals surface area contributed by atoms with E-state index < -0.39 is 43.1 Å². The normalized spacial score (nSPS) is 45.4. The maximum atomic E-state index is 9.53. The van der Waals surface area contributed by atoms with Gasteiger partial charge in [0.25, 0.3) is 0 Å². The van der Waals surface area contributed by atoms with Gasteiger partial charge in [0.15, 0.2) is 12.1 Å². The molecule has 3 N–H and O–H groups in total. The quantitative estimate of drug-likeness (QED) is 0.529. The van der Waals surface area contributed by atoms with Gasteiger partial charge in [-0.3, -0.25) is 0 Å². The molecule has 6 nitrogen and oxygen atoms in total. The predicted octanol–water partition coefficient (Wildman–Crippen LogP) is -1.42. The summed E-state index contributed by atoms with van der Waals surface area (Å²) in [5.74, 6) is -0.798. The zero-order valence-electron chi connectivity index (χ0n) is 8.66. The molecule has 0 aromatic heterocycles. The molecule has 0 bridgehead atoms. The summed E-state index contributed by atoms with van der Waals surface area (Å²) in [6, 6.07) is 0. The maximum absolute atomic E-state index is 9.53. The summed E-state index contributed by atoms with van der Waals surface area (Å²) in [4.78, 5) is 0. The van der Waals surface area contributed by atoms with Crippen molar-refractivity contribution < 1.29 is 29.5 Å². The van der Waals surface area contributed by atoms with Crippen LogP contribution in [0, 0.1) is 0 Å². The molecule has 2 heterocycles. The largest absolute Gasteiger partial charge is 0.394 e. The molecule has 0 spiro atoms. The molecule has 6 heteroatoms. The standard InChI is InChI=1S/C9H16O6/c1-9(2)14-6-5(4(11)3-10)13-8(12)7(6)15-9/h4-8,10-12H,3H2,1-2H3/t4-,5-,6+,7-,8-/m0/s1. The molecule has 0 saturated carbocycles. The van der Waals surface area contributed by atoms with Gasteiger partial charge in [0, 0.05) is 0 Å². The van der Waals surface area contributed by atoms with E-state index in [-0.39, 0.29) is 0 Å². The molecule has 2 rings (SSSR count). The van der Waals surface area contributed by atoms with Crippen LogP contribution in [-0.4, -0.2) is 58.4 Å². The Labute approximate surface area is 87.4 Å². The predicted molar refractivity (Wildman–Crippen MR) is 47.8 cm³/mol. The van der Waals surface area contributed by atoms with E-state index in [1.165, 1.54) is 0 Å². The second-order valence-corrected chi connectivity index (χ2v) is 4.31. The highest BCUT2D eigenvalue weighted by atomic mass is 16.8. The zero-order chi connectivity index (χ0) is 11.2. The monoisotopic (exact) mass is 220 g/mol. The average molecular weight is 220 g/mol. The molecule has 0 radical (unpaired) electrons. The molecule has 2 fully saturated rings. The molecule has 0 unspecified atom stereocenters. The molecular formula is C9H16O6. The maximum Gasteiger partial charge on any atom is 0.184 e. The summed E-state index contributed by atoms with van der Waals surface area (Å²) in [7, 11) is 0. The van der Waals surface area contributed by atoms with Crippen molar-refractivity contribution >= 4 is 0 Å². The Morgan fingerprint density at radius 2 is 1.87 bits per heavy atom. The lowest BCUT2D eigenvalue weighted by Gasteiger charge is -2.24. The SMILES string of the molecule is CC1(C)O[C@@H]2[C@H]([C@@H](O)CO)O[C@H](O)[C@H]2O1. The third-order valence-corrected chi connectivity index (χ3v) is 2.63. The number of rotatable bonds is 2. The fourth-order valence-corrected chi connectivity index (χ4v) is 2.02. The van der Waals surface area contributed by atoms with Gasteiger partial charge in [0.2, 0.25) is 0 Å². The first kappa shape index (κ1) is 11.3. The molecule has 0 aromatic carbocycles. The van der Waals surface area contributed by atoms with Gasteiger partial charge in [0.1, 0.15) is 24.4 Å². The van der Waals surface area contributed by atoms with Gasteiger partial charge in [-0.1, -0.05) is 0 Å². The molecule has 2 saturated heterocycles. The summed E-state index contributed by atoms with van der Waals surface area (Å²) in [6.07, 6.45) is -4.10. The number of hydrogen-bond donors (Lipinski definition) is 3. The van der Waals surface area contributed by atoms with Gasteiger partial charge in [0.05, 0.1) is 6.61 Å². The highest BCUT2D eigenvalue weighted by molar-refractivity contribution is 4.97. The number of ether oxygens (including phenoxy) is 3. The van der Waals surface area contributed by atoms with Crippen molar-refractivity contribution in [3.05, 3.63) is 0 Å². The molecule has 0 aromatic rings. The molecule has 2 aliphatic rings. The Hall–Kier alpha value is -0.240. The Morgan fingerprint density at radius 3 is 2.47 bits per heavy atom. The van der Waals surface area contributed by atoms with Crippen LogP contribution in [0.5, 0.6) is 0 Å². The topological polar surface area (TPSA) is 88.4 Å². The lowest BCUT2D eigenvalue weighted by molar-refractivity contribution is -0.231. The molecule has 2 aliphatic heterocycles. The van der Waals surface area contributed by atoms with Crippen LogP contribution < -0.4 is 0 Å². The summed E-state index contributed by atoms with van der Waals surface area (Å²) in [6.45, 7) is 3.01. The van der Waals surface area contributed by atoms with Gasteiger partial charge in [-0.2, -0.15) is 0 Å². The smallest absolute Gasteiger partial charge is 0.184 e. The van der Waals surface area contributed by atoms with Crippen molar-refractivity contribution in [3.8, 4) is 0 Å². The van der Waals surface area contributed by atoms with Crippen LogP contribution in [0.25, 0.3) is 0 Å². The lowest BCUT2D eigenvalue weighted by Crippen LogP contribution is -2.40. The van der Waals surface area contributed by atoms with Gasteiger partial charge in [-0.25, -0.2) is 0 Å². The van der Waals surface area contributed by atoms with E-state index in [0.717, 1.165) is 0 Å². The van der Waals surface area contributed by atoms with Crippen molar-refractivity contribution in [2.24, 2.45) is 0 Å². The number of aliphatic hydroxyl groups is 3. The Morgan fingerprint density at radius 1 is 1.27 bits per heavy atom. The van der Waals surface area contributed by atoms with E-state index in [1.54, 1.807) is 13.8 Å². The van der Waals surface area contributed by atoms with E-state index >= 15 is 0 Å². The van der Waals surface area contributed by atoms with Crippen LogP contribution in [0.3, 0.4) is 0 Å². The summed E-state index contributed by atoms with van der Waals surface area (Å²) < 4.78 is 16.0. The first-order chi connectivity index (χ1) is 6.94. The van der Waals surface area contributed by atoms with Gasteiger partial charge >= 0.3 is 0 Å². The van der Waals surface area contributed by atoms with Crippen LogP contribution in [0.4, 0.5) is 0 Å². The fourth-order valence-electron chi connectivity index (χ4n) is 2.02. The van der Waals surface area contributed by atoms with Crippen molar-refractivity contribution in [2.75, 3.05) is 6.61 Å². The molecule has 5 atom stereocenters. The van der Waals surface area contributed by atoms with E-state index in [9.17, 15) is 10.2 Å². The number of hydrogen-bond acceptors (Lipinski definition) is 6. The second kappa shape index (κ2) is 3.65. The van der Waals surface area contributed by atoms with Gasteiger partial charge in [-0.15, -0.1) is 0 Å². The Kier molecular flexibility index (Phi) is 2.74. The van der Waals surface area contributed by atoms with Crippen LogP contribution in [0.15, 0.2) is 0 Å². The van der Waals surface area contributed by atoms with Crippen molar-refractivity contribution in [3.63, 3.8) is 0 Å². The van der Waals surface area contributed by atoms with Crippen molar-refractivity contribution in [1.82, 2.24) is 0 Å². The molecular weight excluding hydrogens is 204 g/mol. The first-order valence-corrected chi connectivity index (χ1v) is 4.93. The summed E-state index contributed by atoms with van der Waals surface area (Å²) in [5, 5.41) is 27.8. The third-order valence-electron chi connectivity index (χ3n) is 2.63.